The van der Waals surface area contributed by atoms with E-state index in [1.807, 2.05) is 6.92 Å². The molecule has 1 aromatic rings. The normalized spacial score (nSPS) is 21.7. The molecule has 0 spiro atoms. The van der Waals surface area contributed by atoms with E-state index in [9.17, 15) is 4.79 Å². The van der Waals surface area contributed by atoms with E-state index in [1.165, 1.54) is 11.1 Å². The van der Waals surface area contributed by atoms with Gasteiger partial charge in [-0.15, -0.1) is 0 Å². The largest absolute Gasteiger partial charge is 0.466 e. The van der Waals surface area contributed by atoms with Crippen LogP contribution in [0.15, 0.2) is 36.4 Å². The second kappa shape index (κ2) is 6.74. The summed E-state index contributed by atoms with van der Waals surface area (Å²) in [6.45, 7) is 4.42. The van der Waals surface area contributed by atoms with E-state index in [0.29, 0.717) is 13.0 Å². The number of allylic oxidation sites excluding steroid dienone is 2. The van der Waals surface area contributed by atoms with Crippen molar-refractivity contribution in [3.63, 3.8) is 0 Å². The number of hydrogen-bond donors (Lipinski definition) is 0. The molecule has 108 valence electrons. The minimum Gasteiger partial charge on any atom is -0.466 e. The van der Waals surface area contributed by atoms with Gasteiger partial charge in [-0.1, -0.05) is 42.0 Å². The average Bonchev–Trinajstić information content (AvgIpc) is 2.42. The minimum absolute atomic E-state index is 0.0558. The third-order valence-electron chi connectivity index (χ3n) is 4.00. The van der Waals surface area contributed by atoms with Gasteiger partial charge in [0, 0.05) is 5.41 Å². The predicted octanol–water partition coefficient (Wildman–Crippen LogP) is 4.22. The zero-order valence-electron chi connectivity index (χ0n) is 12.5. The van der Waals surface area contributed by atoms with Crippen molar-refractivity contribution in [2.45, 2.75) is 46.0 Å². The number of aryl methyl sites for hydroxylation is 1. The molecular weight excluding hydrogens is 248 g/mol. The van der Waals surface area contributed by atoms with Gasteiger partial charge in [-0.2, -0.15) is 0 Å². The summed E-state index contributed by atoms with van der Waals surface area (Å²) in [5, 5.41) is 0. The van der Waals surface area contributed by atoms with Gasteiger partial charge in [0.2, 0.25) is 0 Å². The van der Waals surface area contributed by atoms with Crippen LogP contribution in [0.25, 0.3) is 0 Å². The summed E-state index contributed by atoms with van der Waals surface area (Å²) in [4.78, 5) is 11.9. The Kier molecular flexibility index (Phi) is 4.99. The molecule has 0 heterocycles. The number of hydrogen-bond acceptors (Lipinski definition) is 2. The van der Waals surface area contributed by atoms with E-state index in [4.69, 9.17) is 4.74 Å². The van der Waals surface area contributed by atoms with Gasteiger partial charge in [0.1, 0.15) is 0 Å². The first-order chi connectivity index (χ1) is 9.63. The van der Waals surface area contributed by atoms with Crippen LogP contribution < -0.4 is 0 Å². The zero-order chi connectivity index (χ0) is 14.4. The molecule has 1 aromatic carbocycles. The van der Waals surface area contributed by atoms with Gasteiger partial charge in [-0.05, 0) is 45.1 Å². The zero-order valence-corrected chi connectivity index (χ0v) is 12.5. The Balaban J connectivity index is 2.14. The smallest absolute Gasteiger partial charge is 0.306 e. The Morgan fingerprint density at radius 3 is 2.65 bits per heavy atom. The Morgan fingerprint density at radius 1 is 1.30 bits per heavy atom. The molecule has 0 aliphatic heterocycles. The van der Waals surface area contributed by atoms with Gasteiger partial charge in [-0.3, -0.25) is 4.79 Å². The molecule has 1 unspecified atom stereocenters. The molecule has 20 heavy (non-hydrogen) atoms. The summed E-state index contributed by atoms with van der Waals surface area (Å²) >= 11 is 0. The number of benzene rings is 1. The number of rotatable bonds is 5. The van der Waals surface area contributed by atoms with E-state index >= 15 is 0 Å². The van der Waals surface area contributed by atoms with Crippen molar-refractivity contribution in [1.82, 2.24) is 0 Å². The summed E-state index contributed by atoms with van der Waals surface area (Å²) in [5.74, 6) is -0.0776. The molecule has 0 aromatic heterocycles. The second-order valence-corrected chi connectivity index (χ2v) is 5.80. The third-order valence-corrected chi connectivity index (χ3v) is 4.00. The van der Waals surface area contributed by atoms with Crippen LogP contribution in [0, 0.1) is 12.3 Å². The number of carbonyl (C=O) groups is 1. The molecule has 1 atom stereocenters. The number of esters is 1. The Morgan fingerprint density at radius 2 is 2.05 bits per heavy atom. The molecule has 0 saturated heterocycles. The molecule has 0 N–H and O–H groups in total. The molecule has 2 rings (SSSR count). The summed E-state index contributed by atoms with van der Waals surface area (Å²) in [5.41, 5.74) is 2.51. The maximum Gasteiger partial charge on any atom is 0.306 e. The first kappa shape index (κ1) is 14.8. The highest BCUT2D eigenvalue weighted by Crippen LogP contribution is 2.38. The minimum atomic E-state index is -0.0776. The van der Waals surface area contributed by atoms with E-state index in [0.717, 1.165) is 25.7 Å². The summed E-state index contributed by atoms with van der Waals surface area (Å²) in [7, 11) is 0. The van der Waals surface area contributed by atoms with Crippen LogP contribution in [0.3, 0.4) is 0 Å². The fourth-order valence-corrected chi connectivity index (χ4v) is 2.96. The molecule has 2 nitrogen and oxygen atoms in total. The summed E-state index contributed by atoms with van der Waals surface area (Å²) in [6, 6.07) is 8.62. The molecule has 1 aliphatic carbocycles. The van der Waals surface area contributed by atoms with Crippen molar-refractivity contribution in [3.05, 3.63) is 47.5 Å². The van der Waals surface area contributed by atoms with E-state index < -0.39 is 0 Å². The highest BCUT2D eigenvalue weighted by Gasteiger charge is 2.32. The van der Waals surface area contributed by atoms with E-state index in [2.05, 4.69) is 43.3 Å². The fraction of sp³-hybridized carbons (Fsp3) is 0.500. The summed E-state index contributed by atoms with van der Waals surface area (Å²) < 4.78 is 5.15. The molecule has 2 heteroatoms. The van der Waals surface area contributed by atoms with E-state index in [-0.39, 0.29) is 11.4 Å². The van der Waals surface area contributed by atoms with Gasteiger partial charge < -0.3 is 4.74 Å². The SMILES string of the molecule is CCOC(=O)CC1(Cc2ccc(C)cc2)C=CCCC1. The molecule has 0 amide bonds. The predicted molar refractivity (Wildman–Crippen MR) is 81.6 cm³/mol. The van der Waals surface area contributed by atoms with Crippen molar-refractivity contribution in [1.29, 1.82) is 0 Å². The van der Waals surface area contributed by atoms with Crippen molar-refractivity contribution in [3.8, 4) is 0 Å². The lowest BCUT2D eigenvalue weighted by Crippen LogP contribution is -2.27. The Bertz CT molecular complexity index is 473. The fourth-order valence-electron chi connectivity index (χ4n) is 2.96. The third kappa shape index (κ3) is 3.96. The van der Waals surface area contributed by atoms with Gasteiger partial charge in [0.05, 0.1) is 13.0 Å². The highest BCUT2D eigenvalue weighted by atomic mass is 16.5. The van der Waals surface area contributed by atoms with Crippen molar-refractivity contribution >= 4 is 5.97 Å². The second-order valence-electron chi connectivity index (χ2n) is 5.80. The average molecular weight is 272 g/mol. The maximum absolute atomic E-state index is 11.9. The molecule has 0 fully saturated rings. The lowest BCUT2D eigenvalue weighted by atomic mass is 9.72. The van der Waals surface area contributed by atoms with Crippen LogP contribution in [-0.2, 0) is 16.0 Å². The maximum atomic E-state index is 11.9. The summed E-state index contributed by atoms with van der Waals surface area (Å²) in [6.07, 6.45) is 9.22. The van der Waals surface area contributed by atoms with Crippen LogP contribution in [0.2, 0.25) is 0 Å². The first-order valence-corrected chi connectivity index (χ1v) is 7.52. The van der Waals surface area contributed by atoms with Gasteiger partial charge in [0.25, 0.3) is 0 Å². The Labute approximate surface area is 121 Å². The molecule has 0 saturated carbocycles. The van der Waals surface area contributed by atoms with E-state index in [1.54, 1.807) is 0 Å². The van der Waals surface area contributed by atoms with Crippen molar-refractivity contribution < 1.29 is 9.53 Å². The van der Waals surface area contributed by atoms with Crippen LogP contribution >= 0.6 is 0 Å². The van der Waals surface area contributed by atoms with Crippen LogP contribution in [0.4, 0.5) is 0 Å². The lowest BCUT2D eigenvalue weighted by molar-refractivity contribution is -0.145. The number of ether oxygens (including phenoxy) is 1. The monoisotopic (exact) mass is 272 g/mol. The molecule has 0 radical (unpaired) electrons. The topological polar surface area (TPSA) is 26.3 Å². The molecule has 0 bridgehead atoms. The van der Waals surface area contributed by atoms with Gasteiger partial charge in [-0.25, -0.2) is 0 Å². The van der Waals surface area contributed by atoms with Crippen LogP contribution in [0.5, 0.6) is 0 Å². The standard InChI is InChI=1S/C18H24O2/c1-3-20-17(19)14-18(11-5-4-6-12-18)13-16-9-7-15(2)8-10-16/h5,7-11H,3-4,6,12-14H2,1-2H3. The quantitative estimate of drug-likeness (QED) is 0.592. The Hall–Kier alpha value is -1.57. The van der Waals surface area contributed by atoms with Gasteiger partial charge in [0.15, 0.2) is 0 Å². The van der Waals surface area contributed by atoms with Crippen molar-refractivity contribution in [2.24, 2.45) is 5.41 Å². The van der Waals surface area contributed by atoms with Crippen molar-refractivity contribution in [2.75, 3.05) is 6.61 Å². The first-order valence-electron chi connectivity index (χ1n) is 7.52. The van der Waals surface area contributed by atoms with Gasteiger partial charge >= 0.3 is 5.97 Å². The number of carbonyl (C=O) groups excluding carboxylic acids is 1. The highest BCUT2D eigenvalue weighted by molar-refractivity contribution is 5.70. The van der Waals surface area contributed by atoms with Crippen LogP contribution in [-0.4, -0.2) is 12.6 Å². The lowest BCUT2D eigenvalue weighted by Gasteiger charge is -2.32. The molecule has 1 aliphatic rings. The molecular formula is C18H24O2. The van der Waals surface area contributed by atoms with Crippen LogP contribution in [0.1, 0.15) is 43.7 Å².